The molecule has 376 valence electrons. The molecule has 3 aliphatic rings. The fourth-order valence-corrected chi connectivity index (χ4v) is 12.9. The van der Waals surface area contributed by atoms with E-state index in [0.29, 0.717) is 0 Å². The number of anilines is 6. The Balaban J connectivity index is 1.10. The van der Waals surface area contributed by atoms with E-state index in [4.69, 9.17) is 0 Å². The number of benzene rings is 9. The highest BCUT2D eigenvalue weighted by Crippen LogP contribution is 2.49. The maximum Gasteiger partial charge on any atom is 0.252 e. The fraction of sp³-hybridized carbons (Fsp3) is 0.250. The summed E-state index contributed by atoms with van der Waals surface area (Å²) in [5, 5.41) is 2.56. The second kappa shape index (κ2) is 16.7. The van der Waals surface area contributed by atoms with E-state index in [1.807, 2.05) is 0 Å². The van der Waals surface area contributed by atoms with Gasteiger partial charge in [0.25, 0.3) is 6.71 Å². The topological polar surface area (TPSA) is 11.4 Å². The van der Waals surface area contributed by atoms with Crippen molar-refractivity contribution in [3.63, 3.8) is 0 Å². The van der Waals surface area contributed by atoms with E-state index in [-0.39, 0.29) is 28.4 Å². The molecular formula is C72H70BN3. The van der Waals surface area contributed by atoms with E-state index in [1.54, 1.807) is 0 Å². The first-order chi connectivity index (χ1) is 36.1. The third kappa shape index (κ3) is 7.61. The number of hydrogen-bond donors (Lipinski definition) is 0. The molecule has 0 N–H and O–H groups in total. The summed E-state index contributed by atoms with van der Waals surface area (Å²) in [6, 6.07) is 68.6. The lowest BCUT2D eigenvalue weighted by molar-refractivity contribution is 0.590. The van der Waals surface area contributed by atoms with Crippen molar-refractivity contribution in [3.05, 3.63) is 215 Å². The molecule has 13 rings (SSSR count). The van der Waals surface area contributed by atoms with Gasteiger partial charge in [-0.15, -0.1) is 0 Å². The summed E-state index contributed by atoms with van der Waals surface area (Å²) in [4.78, 5) is 5.18. The molecule has 0 amide bonds. The zero-order valence-electron chi connectivity index (χ0n) is 46.9. The summed E-state index contributed by atoms with van der Waals surface area (Å²) >= 11 is 0. The monoisotopic (exact) mass is 988 g/mol. The van der Waals surface area contributed by atoms with E-state index < -0.39 is 0 Å². The van der Waals surface area contributed by atoms with Crippen molar-refractivity contribution in [2.24, 2.45) is 0 Å². The van der Waals surface area contributed by atoms with Crippen LogP contribution in [0.5, 0.6) is 0 Å². The van der Waals surface area contributed by atoms with Gasteiger partial charge < -0.3 is 14.4 Å². The molecule has 0 unspecified atom stereocenters. The maximum absolute atomic E-state index is 2.61. The lowest BCUT2D eigenvalue weighted by atomic mass is 9.33. The minimum Gasteiger partial charge on any atom is -0.311 e. The molecule has 76 heavy (non-hydrogen) atoms. The van der Waals surface area contributed by atoms with Crippen LogP contribution < -0.4 is 26.2 Å². The number of fused-ring (bicyclic) bond motifs is 10. The lowest BCUT2D eigenvalue weighted by Crippen LogP contribution is -2.61. The number of rotatable bonds is 4. The average molecular weight is 988 g/mol. The third-order valence-electron chi connectivity index (χ3n) is 17.1. The van der Waals surface area contributed by atoms with Crippen LogP contribution in [0.15, 0.2) is 176 Å². The van der Waals surface area contributed by atoms with Crippen molar-refractivity contribution in [1.29, 1.82) is 0 Å². The molecule has 0 spiro atoms. The highest BCUT2D eigenvalue weighted by molar-refractivity contribution is 7.00. The Kier molecular flexibility index (Phi) is 10.6. The predicted octanol–water partition coefficient (Wildman–Crippen LogP) is 17.6. The van der Waals surface area contributed by atoms with Crippen molar-refractivity contribution in [3.8, 4) is 27.9 Å². The van der Waals surface area contributed by atoms with Gasteiger partial charge in [0.15, 0.2) is 0 Å². The third-order valence-corrected chi connectivity index (χ3v) is 17.1. The van der Waals surface area contributed by atoms with E-state index in [2.05, 4.69) is 280 Å². The Bertz CT molecular complexity index is 3990. The van der Waals surface area contributed by atoms with Crippen LogP contribution in [0.1, 0.15) is 122 Å². The zero-order chi connectivity index (χ0) is 53.0. The average Bonchev–Trinajstić information content (AvgIpc) is 3.92. The van der Waals surface area contributed by atoms with Crippen LogP contribution in [-0.2, 0) is 28.1 Å². The maximum atomic E-state index is 2.61. The minimum absolute atomic E-state index is 0.0239. The van der Waals surface area contributed by atoms with E-state index in [1.165, 1.54) is 134 Å². The van der Waals surface area contributed by atoms with Crippen LogP contribution in [0.3, 0.4) is 0 Å². The van der Waals surface area contributed by atoms with Gasteiger partial charge in [-0.25, -0.2) is 0 Å². The second-order valence-corrected chi connectivity index (χ2v) is 26.4. The molecule has 3 heterocycles. The van der Waals surface area contributed by atoms with Crippen LogP contribution in [-0.4, -0.2) is 11.3 Å². The molecule has 3 nitrogen and oxygen atoms in total. The van der Waals surface area contributed by atoms with Crippen molar-refractivity contribution < 1.29 is 0 Å². The Morgan fingerprint density at radius 3 is 1.51 bits per heavy atom. The summed E-state index contributed by atoms with van der Waals surface area (Å²) in [7, 11) is 0. The summed E-state index contributed by atoms with van der Waals surface area (Å²) < 4.78 is 2.53. The van der Waals surface area contributed by atoms with Gasteiger partial charge in [-0.3, -0.25) is 0 Å². The Morgan fingerprint density at radius 2 is 0.882 bits per heavy atom. The van der Waals surface area contributed by atoms with Gasteiger partial charge >= 0.3 is 0 Å². The van der Waals surface area contributed by atoms with Gasteiger partial charge in [-0.1, -0.05) is 186 Å². The van der Waals surface area contributed by atoms with Gasteiger partial charge in [0.1, 0.15) is 0 Å². The number of nitrogens with zero attached hydrogens (tertiary/aromatic N) is 3. The molecule has 0 saturated heterocycles. The van der Waals surface area contributed by atoms with Crippen molar-refractivity contribution in [2.45, 2.75) is 118 Å². The van der Waals surface area contributed by atoms with Crippen LogP contribution in [0.25, 0.3) is 49.7 Å². The quantitative estimate of drug-likeness (QED) is 0.163. The Hall–Kier alpha value is -7.56. The normalized spacial score (nSPS) is 14.0. The van der Waals surface area contributed by atoms with Crippen LogP contribution >= 0.6 is 0 Å². The molecule has 2 aliphatic heterocycles. The van der Waals surface area contributed by atoms with E-state index in [0.717, 1.165) is 12.1 Å². The summed E-state index contributed by atoms with van der Waals surface area (Å²) in [5.41, 5.74) is 29.5. The van der Waals surface area contributed by atoms with Crippen molar-refractivity contribution in [2.75, 3.05) is 9.80 Å². The molecule has 0 atom stereocenters. The molecule has 0 bridgehead atoms. The number of hydrogen-bond acceptors (Lipinski definition) is 2. The van der Waals surface area contributed by atoms with Gasteiger partial charge in [0, 0.05) is 50.6 Å². The van der Waals surface area contributed by atoms with Gasteiger partial charge in [0.05, 0.1) is 11.0 Å². The summed E-state index contributed by atoms with van der Waals surface area (Å²) in [6.07, 6.45) is 0.952. The Labute approximate surface area is 452 Å². The predicted molar refractivity (Wildman–Crippen MR) is 328 cm³/mol. The first-order valence-corrected chi connectivity index (χ1v) is 27.7. The van der Waals surface area contributed by atoms with Gasteiger partial charge in [-0.05, 0) is 185 Å². The highest BCUT2D eigenvalue weighted by Gasteiger charge is 2.44. The first kappa shape index (κ1) is 48.1. The molecule has 0 saturated carbocycles. The first-order valence-electron chi connectivity index (χ1n) is 27.7. The molecule has 1 aliphatic carbocycles. The standard InChI is InChI=1S/C72H70BN3/c1-44-37-66-68-67(38-44)76(51-29-21-45(22-30-51)54-19-16-20-56-55-18-15-14-17-46(55)39-57(54)56)65-43-64-59(58-40-49(71(8,9)10)27-35-62(58)74(64)52-31-23-47(24-32-52)69(2,3)4)42-61(65)73(68)60-41-50(72(11,12)13)28-36-63(60)75(66)53-33-25-48(26-34-53)70(5,6)7/h14-38,40-43H,39H2,1-13H3. The molecule has 9 aromatic carbocycles. The summed E-state index contributed by atoms with van der Waals surface area (Å²) in [6.45, 7) is 30.1. The SMILES string of the molecule is Cc1cc2c3c(c1)N(c1ccc(-c4cccc5c4Cc4ccccc4-5)cc1)c1cc4c(cc1B3c1cc(C(C)(C)C)ccc1N2c1ccc(C(C)(C)C)cc1)c1cc(C(C)(C)C)ccc1n4-c1ccc(C(C)(C)C)cc1. The van der Waals surface area contributed by atoms with Gasteiger partial charge in [-0.2, -0.15) is 0 Å². The second-order valence-electron chi connectivity index (χ2n) is 26.4. The molecule has 10 aromatic rings. The van der Waals surface area contributed by atoms with Crippen LogP contribution in [0.2, 0.25) is 0 Å². The lowest BCUT2D eigenvalue weighted by Gasteiger charge is -2.45. The molecule has 4 heteroatoms. The van der Waals surface area contributed by atoms with Crippen LogP contribution in [0.4, 0.5) is 34.1 Å². The van der Waals surface area contributed by atoms with Crippen molar-refractivity contribution in [1.82, 2.24) is 4.57 Å². The molecule has 0 radical (unpaired) electrons. The van der Waals surface area contributed by atoms with Gasteiger partial charge in [0.2, 0.25) is 0 Å². The van der Waals surface area contributed by atoms with Crippen molar-refractivity contribution >= 4 is 79.0 Å². The minimum atomic E-state index is -0.0548. The van der Waals surface area contributed by atoms with E-state index >= 15 is 0 Å². The summed E-state index contributed by atoms with van der Waals surface area (Å²) in [5.74, 6) is 0. The Morgan fingerprint density at radius 1 is 0.382 bits per heavy atom. The highest BCUT2D eigenvalue weighted by atomic mass is 15.2. The zero-order valence-corrected chi connectivity index (χ0v) is 46.9. The molecular weight excluding hydrogens is 918 g/mol. The van der Waals surface area contributed by atoms with E-state index in [9.17, 15) is 0 Å². The number of aryl methyl sites for hydroxylation is 1. The molecule has 0 fully saturated rings. The smallest absolute Gasteiger partial charge is 0.252 e. The largest absolute Gasteiger partial charge is 0.311 e. The molecule has 1 aromatic heterocycles. The van der Waals surface area contributed by atoms with Crippen LogP contribution in [0, 0.1) is 6.92 Å². The fourth-order valence-electron chi connectivity index (χ4n) is 12.9. The number of aromatic nitrogens is 1.